The van der Waals surface area contributed by atoms with Gasteiger partial charge in [0.2, 0.25) is 5.82 Å². The van der Waals surface area contributed by atoms with E-state index in [-0.39, 0.29) is 0 Å². The van der Waals surface area contributed by atoms with Crippen LogP contribution in [-0.4, -0.2) is 20.1 Å². The second kappa shape index (κ2) is 4.71. The van der Waals surface area contributed by atoms with Gasteiger partial charge in [0.15, 0.2) is 5.13 Å². The summed E-state index contributed by atoms with van der Waals surface area (Å²) in [6.07, 6.45) is 1.67. The van der Waals surface area contributed by atoms with Crippen LogP contribution in [0.4, 0.5) is 5.13 Å². The first kappa shape index (κ1) is 12.2. The SMILES string of the molecule is Cc1nc(N)sc1-c1nc(-c2ncccc2Br)no1. The Balaban J connectivity index is 2.05. The monoisotopic (exact) mass is 337 g/mol. The molecular formula is C11H8BrN5OS. The van der Waals surface area contributed by atoms with Crippen LogP contribution in [-0.2, 0) is 0 Å². The molecule has 96 valence electrons. The van der Waals surface area contributed by atoms with E-state index in [1.807, 2.05) is 19.1 Å². The summed E-state index contributed by atoms with van der Waals surface area (Å²) in [4.78, 5) is 13.5. The molecule has 0 radical (unpaired) electrons. The molecule has 0 aliphatic heterocycles. The quantitative estimate of drug-likeness (QED) is 0.773. The molecule has 0 amide bonds. The van der Waals surface area contributed by atoms with Gasteiger partial charge in [0.1, 0.15) is 10.6 Å². The van der Waals surface area contributed by atoms with E-state index in [9.17, 15) is 0 Å². The predicted octanol–water partition coefficient (Wildman–Crippen LogP) is 2.91. The van der Waals surface area contributed by atoms with E-state index in [2.05, 4.69) is 36.0 Å². The van der Waals surface area contributed by atoms with Gasteiger partial charge in [0.05, 0.1) is 5.69 Å². The van der Waals surface area contributed by atoms with Crippen molar-refractivity contribution in [2.75, 3.05) is 5.73 Å². The summed E-state index contributed by atoms with van der Waals surface area (Å²) in [6.45, 7) is 1.85. The minimum absolute atomic E-state index is 0.402. The highest BCUT2D eigenvalue weighted by Crippen LogP contribution is 2.32. The van der Waals surface area contributed by atoms with Gasteiger partial charge in [-0.2, -0.15) is 4.98 Å². The number of hydrogen-bond acceptors (Lipinski definition) is 7. The van der Waals surface area contributed by atoms with E-state index < -0.39 is 0 Å². The van der Waals surface area contributed by atoms with Crippen LogP contribution in [0.2, 0.25) is 0 Å². The Morgan fingerprint density at radius 1 is 1.37 bits per heavy atom. The largest absolute Gasteiger partial charge is 0.375 e. The lowest BCUT2D eigenvalue weighted by molar-refractivity contribution is 0.432. The van der Waals surface area contributed by atoms with Crippen LogP contribution < -0.4 is 5.73 Å². The fourth-order valence-electron chi connectivity index (χ4n) is 1.58. The van der Waals surface area contributed by atoms with Crippen LogP contribution in [0.5, 0.6) is 0 Å². The summed E-state index contributed by atoms with van der Waals surface area (Å²) < 4.78 is 6.06. The number of nitrogens with two attached hydrogens (primary N) is 1. The molecule has 0 bridgehead atoms. The first-order valence-corrected chi connectivity index (χ1v) is 6.94. The molecule has 3 aromatic rings. The molecule has 3 aromatic heterocycles. The Morgan fingerprint density at radius 3 is 2.89 bits per heavy atom. The fraction of sp³-hybridized carbons (Fsp3) is 0.0909. The van der Waals surface area contributed by atoms with Crippen molar-refractivity contribution in [3.8, 4) is 22.3 Å². The van der Waals surface area contributed by atoms with Gasteiger partial charge in [-0.15, -0.1) is 0 Å². The van der Waals surface area contributed by atoms with E-state index in [1.165, 1.54) is 11.3 Å². The summed E-state index contributed by atoms with van der Waals surface area (Å²) in [5.41, 5.74) is 7.06. The Morgan fingerprint density at radius 2 is 2.21 bits per heavy atom. The van der Waals surface area contributed by atoms with Gasteiger partial charge < -0.3 is 10.3 Å². The number of nitrogens with zero attached hydrogens (tertiary/aromatic N) is 4. The van der Waals surface area contributed by atoms with Crippen molar-refractivity contribution in [2.24, 2.45) is 0 Å². The first-order valence-electron chi connectivity index (χ1n) is 5.33. The number of aryl methyl sites for hydroxylation is 1. The Hall–Kier alpha value is -1.80. The van der Waals surface area contributed by atoms with Gasteiger partial charge in [-0.3, -0.25) is 4.98 Å². The van der Waals surface area contributed by atoms with Gasteiger partial charge in [-0.25, -0.2) is 4.98 Å². The molecule has 3 rings (SSSR count). The molecule has 0 spiro atoms. The van der Waals surface area contributed by atoms with Gasteiger partial charge in [-0.05, 0) is 35.0 Å². The van der Waals surface area contributed by atoms with Crippen molar-refractivity contribution >= 4 is 32.4 Å². The number of thiazole rings is 1. The molecule has 0 aliphatic carbocycles. The van der Waals surface area contributed by atoms with Gasteiger partial charge >= 0.3 is 0 Å². The molecule has 0 fully saturated rings. The summed E-state index contributed by atoms with van der Waals surface area (Å²) in [5, 5.41) is 4.41. The highest BCUT2D eigenvalue weighted by molar-refractivity contribution is 9.10. The van der Waals surface area contributed by atoms with Crippen molar-refractivity contribution in [3.05, 3.63) is 28.5 Å². The lowest BCUT2D eigenvalue weighted by atomic mass is 10.3. The van der Waals surface area contributed by atoms with Crippen LogP contribution >= 0.6 is 27.3 Å². The van der Waals surface area contributed by atoms with E-state index in [0.717, 1.165) is 15.0 Å². The normalized spacial score (nSPS) is 10.8. The maximum atomic E-state index is 5.66. The number of anilines is 1. The molecular weight excluding hydrogens is 330 g/mol. The lowest BCUT2D eigenvalue weighted by Crippen LogP contribution is -1.86. The van der Waals surface area contributed by atoms with Gasteiger partial charge in [0.25, 0.3) is 5.89 Å². The first-order chi connectivity index (χ1) is 9.15. The number of halogens is 1. The average molecular weight is 338 g/mol. The number of pyridine rings is 1. The van der Waals surface area contributed by atoms with Crippen LogP contribution in [0.25, 0.3) is 22.3 Å². The Kier molecular flexibility index (Phi) is 3.03. The van der Waals surface area contributed by atoms with E-state index in [1.54, 1.807) is 6.20 Å². The molecule has 6 nitrogen and oxygen atoms in total. The zero-order valence-corrected chi connectivity index (χ0v) is 12.2. The average Bonchev–Trinajstić information content (AvgIpc) is 2.96. The highest BCUT2D eigenvalue weighted by atomic mass is 79.9. The molecule has 0 saturated carbocycles. The third-order valence-corrected chi connectivity index (χ3v) is 4.02. The molecule has 8 heteroatoms. The summed E-state index contributed by atoms with van der Waals surface area (Å²) in [5.74, 6) is 0.827. The second-order valence-electron chi connectivity index (χ2n) is 3.72. The van der Waals surface area contributed by atoms with Crippen molar-refractivity contribution in [3.63, 3.8) is 0 Å². The molecule has 2 N–H and O–H groups in total. The maximum absolute atomic E-state index is 5.66. The topological polar surface area (TPSA) is 90.7 Å². The molecule has 0 atom stereocenters. The molecule has 3 heterocycles. The molecule has 0 saturated heterocycles. The van der Waals surface area contributed by atoms with E-state index in [0.29, 0.717) is 22.5 Å². The minimum atomic E-state index is 0.402. The van der Waals surface area contributed by atoms with E-state index >= 15 is 0 Å². The smallest absolute Gasteiger partial charge is 0.270 e. The van der Waals surface area contributed by atoms with Crippen molar-refractivity contribution in [1.82, 2.24) is 20.1 Å². The molecule has 19 heavy (non-hydrogen) atoms. The summed E-state index contributed by atoms with van der Waals surface area (Å²) >= 11 is 4.72. The van der Waals surface area contributed by atoms with Crippen molar-refractivity contribution in [2.45, 2.75) is 6.92 Å². The van der Waals surface area contributed by atoms with Crippen LogP contribution in [0.15, 0.2) is 27.3 Å². The standard InChI is InChI=1S/C11H8BrN5OS/c1-5-8(19-11(13)15-5)10-16-9(17-18-10)7-6(12)3-2-4-14-7/h2-4H,1H3,(H2,13,15). The second-order valence-corrected chi connectivity index (χ2v) is 5.61. The van der Waals surface area contributed by atoms with Crippen LogP contribution in [0.3, 0.4) is 0 Å². The van der Waals surface area contributed by atoms with Crippen LogP contribution in [0.1, 0.15) is 5.69 Å². The Labute approximate surface area is 120 Å². The van der Waals surface area contributed by atoms with Crippen LogP contribution in [0, 0.1) is 6.92 Å². The fourth-order valence-corrected chi connectivity index (χ4v) is 2.77. The number of nitrogen functional groups attached to an aromatic ring is 1. The van der Waals surface area contributed by atoms with Gasteiger partial charge in [0, 0.05) is 10.7 Å². The highest BCUT2D eigenvalue weighted by Gasteiger charge is 2.17. The van der Waals surface area contributed by atoms with E-state index in [4.69, 9.17) is 10.3 Å². The zero-order valence-electron chi connectivity index (χ0n) is 9.79. The zero-order chi connectivity index (χ0) is 13.4. The predicted molar refractivity (Wildman–Crippen MR) is 75.5 cm³/mol. The summed E-state index contributed by atoms with van der Waals surface area (Å²) in [7, 11) is 0. The van der Waals surface area contributed by atoms with Crippen molar-refractivity contribution < 1.29 is 4.52 Å². The number of aromatic nitrogens is 4. The molecule has 0 aliphatic rings. The van der Waals surface area contributed by atoms with Gasteiger partial charge in [-0.1, -0.05) is 16.5 Å². The third-order valence-electron chi connectivity index (χ3n) is 2.40. The number of rotatable bonds is 2. The Bertz CT molecular complexity index is 738. The maximum Gasteiger partial charge on any atom is 0.270 e. The molecule has 0 unspecified atom stereocenters. The molecule has 0 aromatic carbocycles. The summed E-state index contributed by atoms with van der Waals surface area (Å²) in [6, 6.07) is 3.69. The third kappa shape index (κ3) is 2.24. The lowest BCUT2D eigenvalue weighted by Gasteiger charge is -1.95. The minimum Gasteiger partial charge on any atom is -0.375 e. The van der Waals surface area contributed by atoms with Crippen molar-refractivity contribution in [1.29, 1.82) is 0 Å². The number of hydrogen-bond donors (Lipinski definition) is 1.